The Morgan fingerprint density at radius 3 is 2.37 bits per heavy atom. The number of nitrogens with zero attached hydrogens (tertiary/aromatic N) is 1. The third kappa shape index (κ3) is 5.47. The van der Waals surface area contributed by atoms with E-state index in [2.05, 4.69) is 5.32 Å². The Morgan fingerprint density at radius 2 is 1.81 bits per heavy atom. The SMILES string of the molecule is CC[C@H](NC(=O)CN(c1ccccc1Cl)S(C)(=O)=O)c1ccc(C)c(C)c1. The molecule has 1 N–H and O–H groups in total. The maximum absolute atomic E-state index is 12.6. The number of benzene rings is 2. The predicted molar refractivity (Wildman–Crippen MR) is 111 cm³/mol. The Kier molecular flexibility index (Phi) is 6.89. The van der Waals surface area contributed by atoms with Gasteiger partial charge in [0.15, 0.2) is 0 Å². The summed E-state index contributed by atoms with van der Waals surface area (Å²) in [7, 11) is -3.67. The maximum atomic E-state index is 12.6. The molecule has 0 radical (unpaired) electrons. The molecule has 0 unspecified atom stereocenters. The van der Waals surface area contributed by atoms with Crippen LogP contribution in [0, 0.1) is 13.8 Å². The monoisotopic (exact) mass is 408 g/mol. The molecule has 0 aromatic heterocycles. The summed E-state index contributed by atoms with van der Waals surface area (Å²) in [6.07, 6.45) is 1.75. The number of anilines is 1. The van der Waals surface area contributed by atoms with Crippen LogP contribution in [-0.4, -0.2) is 27.1 Å². The zero-order valence-electron chi connectivity index (χ0n) is 16.0. The molecule has 0 spiro atoms. The van der Waals surface area contributed by atoms with E-state index < -0.39 is 10.0 Å². The summed E-state index contributed by atoms with van der Waals surface area (Å²) in [6.45, 7) is 5.70. The molecule has 27 heavy (non-hydrogen) atoms. The van der Waals surface area contributed by atoms with Crippen LogP contribution in [0.25, 0.3) is 0 Å². The molecule has 7 heteroatoms. The quantitative estimate of drug-likeness (QED) is 0.753. The Morgan fingerprint density at radius 1 is 1.15 bits per heavy atom. The molecule has 1 amide bonds. The zero-order chi connectivity index (χ0) is 20.2. The fraction of sp³-hybridized carbons (Fsp3) is 0.350. The van der Waals surface area contributed by atoms with Gasteiger partial charge in [-0.05, 0) is 49.1 Å². The summed E-state index contributed by atoms with van der Waals surface area (Å²) >= 11 is 6.13. The lowest BCUT2D eigenvalue weighted by Crippen LogP contribution is -2.41. The molecule has 0 aliphatic rings. The van der Waals surface area contributed by atoms with Gasteiger partial charge in [0.05, 0.1) is 23.0 Å². The van der Waals surface area contributed by atoms with Gasteiger partial charge in [-0.3, -0.25) is 9.10 Å². The van der Waals surface area contributed by atoms with E-state index in [-0.39, 0.29) is 29.2 Å². The van der Waals surface area contributed by atoms with Crippen molar-refractivity contribution in [3.05, 3.63) is 64.2 Å². The minimum Gasteiger partial charge on any atom is -0.348 e. The molecule has 0 saturated heterocycles. The first-order chi connectivity index (χ1) is 12.6. The lowest BCUT2D eigenvalue weighted by atomic mass is 9.99. The number of sulfonamides is 1. The van der Waals surface area contributed by atoms with Gasteiger partial charge in [-0.2, -0.15) is 0 Å². The van der Waals surface area contributed by atoms with Crippen molar-refractivity contribution in [2.75, 3.05) is 17.1 Å². The predicted octanol–water partition coefficient (Wildman–Crippen LogP) is 3.99. The average Bonchev–Trinajstić information content (AvgIpc) is 2.60. The fourth-order valence-electron chi connectivity index (χ4n) is 2.81. The summed E-state index contributed by atoms with van der Waals surface area (Å²) in [5.41, 5.74) is 3.62. The highest BCUT2D eigenvalue weighted by molar-refractivity contribution is 7.92. The normalized spacial score (nSPS) is 12.5. The number of hydrogen-bond donors (Lipinski definition) is 1. The van der Waals surface area contributed by atoms with Crippen molar-refractivity contribution in [1.82, 2.24) is 5.32 Å². The molecule has 0 aliphatic carbocycles. The van der Waals surface area contributed by atoms with Crippen LogP contribution in [0.1, 0.15) is 36.1 Å². The van der Waals surface area contributed by atoms with Gasteiger partial charge < -0.3 is 5.32 Å². The summed E-state index contributed by atoms with van der Waals surface area (Å²) in [5, 5.41) is 3.21. The first-order valence-corrected chi connectivity index (χ1v) is 10.9. The minimum absolute atomic E-state index is 0.190. The molecular weight excluding hydrogens is 384 g/mol. The van der Waals surface area contributed by atoms with Crippen LogP contribution in [0.2, 0.25) is 5.02 Å². The number of para-hydroxylation sites is 1. The highest BCUT2D eigenvalue weighted by atomic mass is 35.5. The van der Waals surface area contributed by atoms with Crippen molar-refractivity contribution in [2.45, 2.75) is 33.2 Å². The topological polar surface area (TPSA) is 66.5 Å². The Hall–Kier alpha value is -2.05. The van der Waals surface area contributed by atoms with Crippen molar-refractivity contribution in [2.24, 2.45) is 0 Å². The van der Waals surface area contributed by atoms with Crippen LogP contribution >= 0.6 is 11.6 Å². The van der Waals surface area contributed by atoms with Crippen molar-refractivity contribution in [3.8, 4) is 0 Å². The van der Waals surface area contributed by atoms with Crippen molar-refractivity contribution in [1.29, 1.82) is 0 Å². The van der Waals surface area contributed by atoms with Gasteiger partial charge in [0.25, 0.3) is 0 Å². The second-order valence-corrected chi connectivity index (χ2v) is 8.91. The lowest BCUT2D eigenvalue weighted by Gasteiger charge is -2.25. The molecule has 0 heterocycles. The number of rotatable bonds is 7. The van der Waals surface area contributed by atoms with Crippen molar-refractivity contribution >= 4 is 33.2 Å². The van der Waals surface area contributed by atoms with E-state index >= 15 is 0 Å². The highest BCUT2D eigenvalue weighted by Gasteiger charge is 2.24. The van der Waals surface area contributed by atoms with Crippen LogP contribution in [-0.2, 0) is 14.8 Å². The van der Waals surface area contributed by atoms with E-state index in [0.717, 1.165) is 21.7 Å². The molecule has 0 saturated carbocycles. The lowest BCUT2D eigenvalue weighted by molar-refractivity contribution is -0.120. The standard InChI is InChI=1S/C20H25ClN2O3S/c1-5-18(16-11-10-14(2)15(3)12-16)22-20(24)13-23(27(4,25)26)19-9-7-6-8-17(19)21/h6-12,18H,5,13H2,1-4H3,(H,22,24)/t18-/m0/s1. The number of halogens is 1. The van der Waals surface area contributed by atoms with Crippen LogP contribution in [0.4, 0.5) is 5.69 Å². The first-order valence-electron chi connectivity index (χ1n) is 8.72. The molecule has 0 fully saturated rings. The number of carbonyl (C=O) groups is 1. The summed E-state index contributed by atoms with van der Waals surface area (Å²) < 4.78 is 25.5. The molecule has 5 nitrogen and oxygen atoms in total. The second kappa shape index (κ2) is 8.76. The molecule has 1 atom stereocenters. The first kappa shape index (κ1) is 21.3. The Labute approximate surface area is 166 Å². The minimum atomic E-state index is -3.67. The van der Waals surface area contributed by atoms with Crippen LogP contribution < -0.4 is 9.62 Å². The molecule has 146 valence electrons. The summed E-state index contributed by atoms with van der Waals surface area (Å²) in [4.78, 5) is 12.6. The molecule has 2 rings (SSSR count). The van der Waals surface area contributed by atoms with E-state index in [9.17, 15) is 13.2 Å². The number of amides is 1. The van der Waals surface area contributed by atoms with E-state index in [0.29, 0.717) is 6.42 Å². The van der Waals surface area contributed by atoms with Gasteiger partial charge >= 0.3 is 0 Å². The fourth-order valence-corrected chi connectivity index (χ4v) is 3.96. The van der Waals surface area contributed by atoms with Crippen LogP contribution in [0.15, 0.2) is 42.5 Å². The summed E-state index contributed by atoms with van der Waals surface area (Å²) in [5.74, 6) is -0.384. The molecule has 0 bridgehead atoms. The van der Waals surface area contributed by atoms with E-state index in [1.54, 1.807) is 24.3 Å². The van der Waals surface area contributed by atoms with Gasteiger partial charge in [-0.15, -0.1) is 0 Å². The number of hydrogen-bond acceptors (Lipinski definition) is 3. The van der Waals surface area contributed by atoms with Gasteiger partial charge in [0, 0.05) is 0 Å². The van der Waals surface area contributed by atoms with Gasteiger partial charge in [-0.1, -0.05) is 48.9 Å². The Bertz CT molecular complexity index is 929. The third-order valence-electron chi connectivity index (χ3n) is 4.49. The Balaban J connectivity index is 2.22. The van der Waals surface area contributed by atoms with Crippen molar-refractivity contribution < 1.29 is 13.2 Å². The number of carbonyl (C=O) groups excluding carboxylic acids is 1. The van der Waals surface area contributed by atoms with Crippen molar-refractivity contribution in [3.63, 3.8) is 0 Å². The molecule has 2 aromatic carbocycles. The van der Waals surface area contributed by atoms with E-state index in [1.807, 2.05) is 39.0 Å². The average molecular weight is 409 g/mol. The van der Waals surface area contributed by atoms with Gasteiger partial charge in [0.1, 0.15) is 6.54 Å². The van der Waals surface area contributed by atoms with Crippen LogP contribution in [0.5, 0.6) is 0 Å². The summed E-state index contributed by atoms with van der Waals surface area (Å²) in [6, 6.07) is 12.4. The second-order valence-electron chi connectivity index (χ2n) is 6.59. The maximum Gasteiger partial charge on any atom is 0.241 e. The third-order valence-corrected chi connectivity index (χ3v) is 5.93. The van der Waals surface area contributed by atoms with E-state index in [1.165, 1.54) is 5.56 Å². The number of nitrogens with one attached hydrogen (secondary N) is 1. The van der Waals surface area contributed by atoms with Gasteiger partial charge in [-0.25, -0.2) is 8.42 Å². The largest absolute Gasteiger partial charge is 0.348 e. The molecule has 0 aliphatic heterocycles. The van der Waals surface area contributed by atoms with Gasteiger partial charge in [0.2, 0.25) is 15.9 Å². The van der Waals surface area contributed by atoms with Crippen LogP contribution in [0.3, 0.4) is 0 Å². The highest BCUT2D eigenvalue weighted by Crippen LogP contribution is 2.27. The zero-order valence-corrected chi connectivity index (χ0v) is 17.6. The van der Waals surface area contributed by atoms with E-state index in [4.69, 9.17) is 11.6 Å². The molecule has 2 aromatic rings. The number of aryl methyl sites for hydroxylation is 2. The molecular formula is C20H25ClN2O3S. The smallest absolute Gasteiger partial charge is 0.241 e.